The minimum Gasteiger partial charge on any atom is -0.457 e. The van der Waals surface area contributed by atoms with E-state index in [1.807, 2.05) is 80.6 Å². The Hall–Kier alpha value is -5.60. The van der Waals surface area contributed by atoms with Crippen LogP contribution in [0.5, 0.6) is 11.5 Å². The van der Waals surface area contributed by atoms with E-state index in [4.69, 9.17) is 4.74 Å². The molecular formula is C38H33N3O4S. The van der Waals surface area contributed by atoms with Crippen LogP contribution in [0.1, 0.15) is 28.4 Å². The molecule has 0 saturated carbocycles. The highest BCUT2D eigenvalue weighted by Gasteiger charge is 2.18. The lowest BCUT2D eigenvalue weighted by molar-refractivity contribution is -0.115. The first-order valence-corrected chi connectivity index (χ1v) is 15.6. The molecule has 0 saturated heterocycles. The number of benzene rings is 5. The van der Waals surface area contributed by atoms with Gasteiger partial charge in [0.25, 0.3) is 11.8 Å². The molecule has 0 heterocycles. The summed E-state index contributed by atoms with van der Waals surface area (Å²) in [4.78, 5) is 40.2. The van der Waals surface area contributed by atoms with Crippen molar-refractivity contribution in [3.05, 3.63) is 156 Å². The standard InChI is InChI=1S/C38H33N3O4S/c1-26-12-9-10-15-29(26)24-35(41-37(43)28-13-5-3-6-14-28)38(44)40-31-16-11-19-34(25-31)46-27(2)36(42)39-30-20-22-33(23-21-30)45-32-17-7-4-8-18-32/h3-25,27H,1-2H3,(H,39,42)(H,40,44)(H,41,43)/b35-24-. The van der Waals surface area contributed by atoms with Crippen LogP contribution in [0.25, 0.3) is 6.08 Å². The minimum absolute atomic E-state index is 0.106. The first-order valence-electron chi connectivity index (χ1n) is 14.7. The fourth-order valence-corrected chi connectivity index (χ4v) is 5.35. The van der Waals surface area contributed by atoms with Crippen molar-refractivity contribution in [2.45, 2.75) is 24.0 Å². The third kappa shape index (κ3) is 8.97. The van der Waals surface area contributed by atoms with Crippen molar-refractivity contribution in [2.75, 3.05) is 10.6 Å². The average Bonchev–Trinajstić information content (AvgIpc) is 3.07. The highest BCUT2D eigenvalue weighted by molar-refractivity contribution is 8.00. The van der Waals surface area contributed by atoms with Crippen molar-refractivity contribution < 1.29 is 19.1 Å². The topological polar surface area (TPSA) is 96.5 Å². The van der Waals surface area contributed by atoms with Gasteiger partial charge in [-0.1, -0.05) is 66.7 Å². The number of amides is 3. The molecule has 0 radical (unpaired) electrons. The Morgan fingerprint density at radius 3 is 2.07 bits per heavy atom. The SMILES string of the molecule is Cc1ccccc1/C=C(\NC(=O)c1ccccc1)C(=O)Nc1cccc(SC(C)C(=O)Nc2ccc(Oc3ccccc3)cc2)c1. The first kappa shape index (κ1) is 31.8. The fourth-order valence-electron chi connectivity index (χ4n) is 4.42. The van der Waals surface area contributed by atoms with Gasteiger partial charge >= 0.3 is 0 Å². The zero-order valence-corrected chi connectivity index (χ0v) is 26.2. The van der Waals surface area contributed by atoms with Gasteiger partial charge in [-0.05, 0) is 97.8 Å². The molecule has 1 unspecified atom stereocenters. The summed E-state index contributed by atoms with van der Waals surface area (Å²) in [5, 5.41) is 8.19. The van der Waals surface area contributed by atoms with Crippen molar-refractivity contribution >= 4 is 46.9 Å². The second-order valence-corrected chi connectivity index (χ2v) is 11.8. The van der Waals surface area contributed by atoms with E-state index < -0.39 is 17.1 Å². The highest BCUT2D eigenvalue weighted by Crippen LogP contribution is 2.28. The van der Waals surface area contributed by atoms with E-state index in [0.717, 1.165) is 21.8 Å². The smallest absolute Gasteiger partial charge is 0.272 e. The molecule has 5 aromatic rings. The fraction of sp³-hybridized carbons (Fsp3) is 0.0789. The van der Waals surface area contributed by atoms with Crippen LogP contribution in [0.15, 0.2) is 144 Å². The van der Waals surface area contributed by atoms with Gasteiger partial charge in [0.1, 0.15) is 17.2 Å². The molecule has 46 heavy (non-hydrogen) atoms. The summed E-state index contributed by atoms with van der Waals surface area (Å²) in [7, 11) is 0. The molecule has 7 nitrogen and oxygen atoms in total. The molecule has 0 aliphatic carbocycles. The Labute approximate surface area is 272 Å². The van der Waals surface area contributed by atoms with Gasteiger partial charge in [-0.3, -0.25) is 14.4 Å². The monoisotopic (exact) mass is 627 g/mol. The molecule has 1 atom stereocenters. The summed E-state index contributed by atoms with van der Waals surface area (Å²) < 4.78 is 5.82. The van der Waals surface area contributed by atoms with Crippen molar-refractivity contribution in [1.29, 1.82) is 0 Å². The number of thioether (sulfide) groups is 1. The summed E-state index contributed by atoms with van der Waals surface area (Å²) >= 11 is 1.37. The molecule has 3 N–H and O–H groups in total. The Balaban J connectivity index is 1.23. The third-order valence-corrected chi connectivity index (χ3v) is 7.99. The number of para-hydroxylation sites is 1. The second kappa shape index (κ2) is 15.4. The minimum atomic E-state index is -0.472. The third-order valence-electron chi connectivity index (χ3n) is 6.89. The molecule has 8 heteroatoms. The van der Waals surface area contributed by atoms with Crippen LogP contribution in [0, 0.1) is 6.92 Å². The van der Waals surface area contributed by atoms with Gasteiger partial charge in [-0.25, -0.2) is 0 Å². The quantitative estimate of drug-likeness (QED) is 0.101. The Morgan fingerprint density at radius 2 is 1.35 bits per heavy atom. The van der Waals surface area contributed by atoms with E-state index >= 15 is 0 Å². The van der Waals surface area contributed by atoms with Crippen molar-refractivity contribution in [1.82, 2.24) is 5.32 Å². The zero-order valence-electron chi connectivity index (χ0n) is 25.4. The molecule has 0 bridgehead atoms. The zero-order chi connectivity index (χ0) is 32.3. The van der Waals surface area contributed by atoms with Gasteiger partial charge in [0.15, 0.2) is 0 Å². The molecule has 0 aromatic heterocycles. The molecule has 5 rings (SSSR count). The molecule has 0 fully saturated rings. The van der Waals surface area contributed by atoms with Gasteiger partial charge in [-0.15, -0.1) is 11.8 Å². The maximum Gasteiger partial charge on any atom is 0.272 e. The van der Waals surface area contributed by atoms with Crippen molar-refractivity contribution in [2.24, 2.45) is 0 Å². The Kier molecular flexibility index (Phi) is 10.7. The van der Waals surface area contributed by atoms with E-state index in [2.05, 4.69) is 16.0 Å². The van der Waals surface area contributed by atoms with Gasteiger partial charge in [0.05, 0.1) is 5.25 Å². The molecule has 0 spiro atoms. The summed E-state index contributed by atoms with van der Waals surface area (Å²) in [6.07, 6.45) is 1.66. The molecule has 3 amide bonds. The number of aryl methyl sites for hydroxylation is 1. The normalized spacial score (nSPS) is 11.7. The van der Waals surface area contributed by atoms with Crippen LogP contribution in [0.4, 0.5) is 11.4 Å². The largest absolute Gasteiger partial charge is 0.457 e. The van der Waals surface area contributed by atoms with Gasteiger partial charge in [-0.2, -0.15) is 0 Å². The number of ether oxygens (including phenoxy) is 1. The van der Waals surface area contributed by atoms with Crippen LogP contribution in [0.3, 0.4) is 0 Å². The van der Waals surface area contributed by atoms with Crippen LogP contribution >= 0.6 is 11.8 Å². The van der Waals surface area contributed by atoms with E-state index in [-0.39, 0.29) is 11.6 Å². The summed E-state index contributed by atoms with van der Waals surface area (Å²) in [5.74, 6) is 0.377. The Morgan fingerprint density at radius 1 is 0.696 bits per heavy atom. The molecule has 5 aromatic carbocycles. The lowest BCUT2D eigenvalue weighted by atomic mass is 10.1. The number of nitrogens with one attached hydrogen (secondary N) is 3. The number of anilines is 2. The van der Waals surface area contributed by atoms with E-state index in [1.165, 1.54) is 11.8 Å². The molecular weight excluding hydrogens is 595 g/mol. The van der Waals surface area contributed by atoms with Crippen molar-refractivity contribution in [3.63, 3.8) is 0 Å². The molecule has 0 aliphatic heterocycles. The van der Waals surface area contributed by atoms with Crippen LogP contribution < -0.4 is 20.7 Å². The summed E-state index contributed by atoms with van der Waals surface area (Å²) in [6, 6.07) is 40.3. The number of rotatable bonds is 11. The van der Waals surface area contributed by atoms with E-state index in [9.17, 15) is 14.4 Å². The summed E-state index contributed by atoms with van der Waals surface area (Å²) in [5.41, 5.74) is 3.50. The maximum absolute atomic E-state index is 13.5. The van der Waals surface area contributed by atoms with Crippen LogP contribution in [0.2, 0.25) is 0 Å². The van der Waals surface area contributed by atoms with E-state index in [1.54, 1.807) is 72.8 Å². The number of carbonyl (C=O) groups is 3. The van der Waals surface area contributed by atoms with Crippen molar-refractivity contribution in [3.8, 4) is 11.5 Å². The lowest BCUT2D eigenvalue weighted by Crippen LogP contribution is -2.30. The Bertz CT molecular complexity index is 1840. The maximum atomic E-state index is 13.5. The first-order chi connectivity index (χ1) is 22.3. The molecule has 0 aliphatic rings. The predicted molar refractivity (Wildman–Crippen MR) is 185 cm³/mol. The van der Waals surface area contributed by atoms with E-state index in [0.29, 0.717) is 22.7 Å². The number of hydrogen-bond acceptors (Lipinski definition) is 5. The van der Waals surface area contributed by atoms with Crippen LogP contribution in [-0.2, 0) is 9.59 Å². The average molecular weight is 628 g/mol. The highest BCUT2D eigenvalue weighted by atomic mass is 32.2. The number of hydrogen-bond donors (Lipinski definition) is 3. The molecule has 230 valence electrons. The predicted octanol–water partition coefficient (Wildman–Crippen LogP) is 8.32. The van der Waals surface area contributed by atoms with Gasteiger partial charge in [0, 0.05) is 21.8 Å². The lowest BCUT2D eigenvalue weighted by Gasteiger charge is -2.14. The summed E-state index contributed by atoms with van der Waals surface area (Å²) in [6.45, 7) is 3.76. The number of carbonyl (C=O) groups excluding carboxylic acids is 3. The van der Waals surface area contributed by atoms with Gasteiger partial charge < -0.3 is 20.7 Å². The second-order valence-electron chi connectivity index (χ2n) is 10.4. The van der Waals surface area contributed by atoms with Gasteiger partial charge in [0.2, 0.25) is 5.91 Å². The van der Waals surface area contributed by atoms with Crippen LogP contribution in [-0.4, -0.2) is 23.0 Å².